The first-order chi connectivity index (χ1) is 16.3. The Bertz CT molecular complexity index is 958. The van der Waals surface area contributed by atoms with Crippen molar-refractivity contribution in [1.29, 1.82) is 0 Å². The van der Waals surface area contributed by atoms with Crippen molar-refractivity contribution in [1.82, 2.24) is 10.2 Å². The van der Waals surface area contributed by atoms with Gasteiger partial charge in [0.2, 0.25) is 17.7 Å². The van der Waals surface area contributed by atoms with Crippen molar-refractivity contribution in [2.24, 2.45) is 11.8 Å². The molecule has 3 amide bonds. The van der Waals surface area contributed by atoms with Gasteiger partial charge in [-0.1, -0.05) is 46.6 Å². The molecule has 1 aromatic rings. The maximum atomic E-state index is 13.8. The van der Waals surface area contributed by atoms with Crippen molar-refractivity contribution in [2.75, 3.05) is 25.0 Å². The smallest absolute Gasteiger partial charge is 0.250 e. The minimum Gasteiger partial charge on any atom is -0.396 e. The number of carbonyl (C=O) groups excluding carboxylic acids is 3. The zero-order chi connectivity index (χ0) is 24.6. The SMILES string of the molecule is CCCNC(=O)[C@H]1[C@@H]2OC3(CC2Br)C(C(=O)Nc2c(C)cccc2Cl)N(CCCCO)C(=O)[C@H]13. The quantitative estimate of drug-likeness (QED) is 0.320. The number of carbonyl (C=O) groups is 3. The van der Waals surface area contributed by atoms with Crippen molar-refractivity contribution in [3.8, 4) is 0 Å². The number of halogens is 2. The number of para-hydroxylation sites is 1. The number of hydrogen-bond acceptors (Lipinski definition) is 5. The zero-order valence-electron chi connectivity index (χ0n) is 19.4. The minimum absolute atomic E-state index is 0.00359. The highest BCUT2D eigenvalue weighted by atomic mass is 79.9. The van der Waals surface area contributed by atoms with E-state index in [1.807, 2.05) is 19.9 Å². The summed E-state index contributed by atoms with van der Waals surface area (Å²) in [5.41, 5.74) is 0.192. The second-order valence-corrected chi connectivity index (χ2v) is 10.9. The van der Waals surface area contributed by atoms with Gasteiger partial charge in [-0.2, -0.15) is 0 Å². The van der Waals surface area contributed by atoms with E-state index < -0.39 is 29.6 Å². The number of nitrogens with one attached hydrogen (secondary N) is 2. The Morgan fingerprint density at radius 1 is 1.32 bits per heavy atom. The Balaban J connectivity index is 1.70. The van der Waals surface area contributed by atoms with Crippen LogP contribution in [0.15, 0.2) is 18.2 Å². The predicted molar refractivity (Wildman–Crippen MR) is 132 cm³/mol. The number of unbranched alkanes of at least 4 members (excludes halogenated alkanes) is 1. The van der Waals surface area contributed by atoms with Gasteiger partial charge in [-0.3, -0.25) is 14.4 Å². The normalized spacial score (nSPS) is 31.6. The minimum atomic E-state index is -1.11. The number of ether oxygens (including phenoxy) is 1. The molecule has 0 radical (unpaired) electrons. The number of benzene rings is 1. The lowest BCUT2D eigenvalue weighted by atomic mass is 9.70. The van der Waals surface area contributed by atoms with Crippen molar-refractivity contribution in [3.63, 3.8) is 0 Å². The van der Waals surface area contributed by atoms with Crippen molar-refractivity contribution in [2.45, 2.75) is 62.1 Å². The summed E-state index contributed by atoms with van der Waals surface area (Å²) in [7, 11) is 0. The summed E-state index contributed by atoms with van der Waals surface area (Å²) in [6, 6.07) is 4.44. The molecule has 3 fully saturated rings. The van der Waals surface area contributed by atoms with Gasteiger partial charge >= 0.3 is 0 Å². The fourth-order valence-corrected chi connectivity index (χ4v) is 6.92. The molecule has 0 aromatic heterocycles. The highest BCUT2D eigenvalue weighted by molar-refractivity contribution is 9.09. The van der Waals surface area contributed by atoms with Crippen LogP contribution in [0.3, 0.4) is 0 Å². The number of aryl methyl sites for hydroxylation is 1. The topological polar surface area (TPSA) is 108 Å². The van der Waals surface area contributed by atoms with Gasteiger partial charge in [-0.25, -0.2) is 0 Å². The molecule has 4 rings (SSSR count). The van der Waals surface area contributed by atoms with Gasteiger partial charge in [-0.05, 0) is 44.2 Å². The van der Waals surface area contributed by atoms with Gasteiger partial charge in [0, 0.05) is 24.5 Å². The summed E-state index contributed by atoms with van der Waals surface area (Å²) < 4.78 is 6.44. The van der Waals surface area contributed by atoms with Crippen LogP contribution in [-0.4, -0.2) is 70.0 Å². The third-order valence-electron chi connectivity index (χ3n) is 7.17. The van der Waals surface area contributed by atoms with Crippen LogP contribution in [0.4, 0.5) is 5.69 Å². The Labute approximate surface area is 212 Å². The molecule has 1 spiro atoms. The van der Waals surface area contributed by atoms with E-state index in [1.165, 1.54) is 0 Å². The fourth-order valence-electron chi connectivity index (χ4n) is 5.71. The molecule has 0 saturated carbocycles. The maximum Gasteiger partial charge on any atom is 0.250 e. The van der Waals surface area contributed by atoms with Crippen LogP contribution in [0, 0.1) is 18.8 Å². The van der Waals surface area contributed by atoms with Crippen LogP contribution in [-0.2, 0) is 19.1 Å². The fraction of sp³-hybridized carbons (Fsp3) is 0.625. The molecule has 3 N–H and O–H groups in total. The van der Waals surface area contributed by atoms with Gasteiger partial charge < -0.3 is 25.4 Å². The number of rotatable bonds is 9. The molecule has 8 nitrogen and oxygen atoms in total. The molecular weight excluding hydrogens is 526 g/mol. The molecule has 3 saturated heterocycles. The van der Waals surface area contributed by atoms with E-state index in [0.717, 1.165) is 12.0 Å². The maximum absolute atomic E-state index is 13.8. The van der Waals surface area contributed by atoms with E-state index in [1.54, 1.807) is 17.0 Å². The molecule has 34 heavy (non-hydrogen) atoms. The number of fused-ring (bicyclic) bond motifs is 1. The number of amides is 3. The second kappa shape index (κ2) is 10.1. The third kappa shape index (κ3) is 4.14. The molecule has 3 aliphatic rings. The van der Waals surface area contributed by atoms with Gasteiger partial charge in [0.1, 0.15) is 11.6 Å². The summed E-state index contributed by atoms with van der Waals surface area (Å²) in [5.74, 6) is -2.24. The van der Waals surface area contributed by atoms with Crippen LogP contribution in [0.25, 0.3) is 0 Å². The summed E-state index contributed by atoms with van der Waals surface area (Å²) in [4.78, 5) is 42.0. The monoisotopic (exact) mass is 555 g/mol. The van der Waals surface area contributed by atoms with Crippen LogP contribution >= 0.6 is 27.5 Å². The molecule has 3 unspecified atom stereocenters. The van der Waals surface area contributed by atoms with Gasteiger partial charge in [0.05, 0.1) is 28.6 Å². The Morgan fingerprint density at radius 3 is 2.76 bits per heavy atom. The van der Waals surface area contributed by atoms with Crippen LogP contribution in [0.5, 0.6) is 0 Å². The zero-order valence-corrected chi connectivity index (χ0v) is 21.7. The first-order valence-corrected chi connectivity index (χ1v) is 13.1. The number of nitrogens with zero attached hydrogens (tertiary/aromatic N) is 1. The summed E-state index contributed by atoms with van der Waals surface area (Å²) in [6.07, 6.45) is 1.78. The van der Waals surface area contributed by atoms with Crippen LogP contribution in [0.1, 0.15) is 38.2 Å². The molecule has 6 atom stereocenters. The standard InChI is InChI=1S/C24H31BrClN3O5/c1-3-9-27-21(31)16-17-23(33)29(10-4-5-11-30)20(24(17)12-14(25)19(16)34-24)22(32)28-18-13(2)7-6-8-15(18)26/h6-8,14,16-17,19-20,30H,3-5,9-12H2,1-2H3,(H,27,31)(H,28,32)/t14?,16-,17+,19-,20?,24?/m1/s1. The lowest BCUT2D eigenvalue weighted by Crippen LogP contribution is -2.54. The van der Waals surface area contributed by atoms with E-state index in [0.29, 0.717) is 43.1 Å². The number of anilines is 1. The Morgan fingerprint density at radius 2 is 2.09 bits per heavy atom. The molecule has 3 aliphatic heterocycles. The van der Waals surface area contributed by atoms with Crippen LogP contribution < -0.4 is 10.6 Å². The molecule has 1 aromatic carbocycles. The second-order valence-electron chi connectivity index (χ2n) is 9.34. The molecule has 3 heterocycles. The van der Waals surface area contributed by atoms with Crippen molar-refractivity contribution >= 4 is 50.9 Å². The molecule has 0 aliphatic carbocycles. The van der Waals surface area contributed by atoms with Crippen molar-refractivity contribution < 1.29 is 24.2 Å². The van der Waals surface area contributed by atoms with Gasteiger partial charge in [0.25, 0.3) is 0 Å². The predicted octanol–water partition coefficient (Wildman–Crippen LogP) is 2.63. The first kappa shape index (κ1) is 25.4. The van der Waals surface area contributed by atoms with Gasteiger partial charge in [0.15, 0.2) is 0 Å². The summed E-state index contributed by atoms with van der Waals surface area (Å²) in [5, 5.41) is 15.5. The Kier molecular flexibility index (Phi) is 7.57. The highest BCUT2D eigenvalue weighted by Gasteiger charge is 2.76. The first-order valence-electron chi connectivity index (χ1n) is 11.8. The summed E-state index contributed by atoms with van der Waals surface area (Å²) in [6.45, 7) is 4.62. The lowest BCUT2D eigenvalue weighted by molar-refractivity contribution is -0.140. The van der Waals surface area contributed by atoms with E-state index in [4.69, 9.17) is 16.3 Å². The van der Waals surface area contributed by atoms with E-state index in [9.17, 15) is 19.5 Å². The molecule has 186 valence electrons. The lowest BCUT2D eigenvalue weighted by Gasteiger charge is -2.34. The van der Waals surface area contributed by atoms with E-state index in [-0.39, 0.29) is 29.2 Å². The highest BCUT2D eigenvalue weighted by Crippen LogP contribution is 2.60. The molecule has 2 bridgehead atoms. The molecular formula is C24H31BrClN3O5. The number of likely N-dealkylation sites (tertiary alicyclic amines) is 1. The van der Waals surface area contributed by atoms with Crippen LogP contribution in [0.2, 0.25) is 5.02 Å². The summed E-state index contributed by atoms with van der Waals surface area (Å²) >= 11 is 10.0. The number of alkyl halides is 1. The van der Waals surface area contributed by atoms with Crippen molar-refractivity contribution in [3.05, 3.63) is 28.8 Å². The average Bonchev–Trinajstić information content (AvgIpc) is 3.38. The van der Waals surface area contributed by atoms with Gasteiger partial charge in [-0.15, -0.1) is 0 Å². The largest absolute Gasteiger partial charge is 0.396 e. The average molecular weight is 557 g/mol. The Hall–Kier alpha value is -1.68. The number of aliphatic hydroxyl groups is 1. The number of hydrogen-bond donors (Lipinski definition) is 3. The third-order valence-corrected chi connectivity index (χ3v) is 8.33. The van der Waals surface area contributed by atoms with E-state index in [2.05, 4.69) is 26.6 Å². The molecule has 10 heteroatoms. The van der Waals surface area contributed by atoms with E-state index >= 15 is 0 Å². The number of aliphatic hydroxyl groups excluding tert-OH is 1.